The Labute approximate surface area is 374 Å². The number of hydrogen-bond acceptors (Lipinski definition) is 14. The van der Waals surface area contributed by atoms with E-state index in [2.05, 4.69) is 25.3 Å². The Morgan fingerprint density at radius 1 is 0.667 bits per heavy atom. The molecule has 4 aromatic carbocycles. The SMILES string of the molecule is CC(C[C@H](Nc1cc(C(N)=O)nc(-c2ccc(Oc3ccc(F)cc3)c(C(N)=O)c2)n1)C(N)=O)N1CCN(c2cc(C(N)=O)nc(-c3ccc(Oc4ccc(F)cc4)cc3)n2)C(C(N)=O)C1. The fourth-order valence-corrected chi connectivity index (χ4v) is 7.14. The fraction of sp³-hybridized carbons (Fsp3) is 0.178. The third-order valence-corrected chi connectivity index (χ3v) is 10.6. The first-order valence-electron chi connectivity index (χ1n) is 20.2. The number of benzene rings is 4. The Hall–Kier alpha value is -8.59. The Morgan fingerprint density at radius 2 is 1.21 bits per heavy atom. The molecule has 21 heteroatoms. The van der Waals surface area contributed by atoms with Gasteiger partial charge < -0.3 is 48.4 Å². The number of carbonyl (C=O) groups excluding carboxylic acids is 5. The van der Waals surface area contributed by atoms with Crippen LogP contribution in [-0.4, -0.2) is 92.1 Å². The number of anilines is 2. The highest BCUT2D eigenvalue weighted by Gasteiger charge is 2.36. The van der Waals surface area contributed by atoms with Gasteiger partial charge in [0.25, 0.3) is 17.7 Å². The van der Waals surface area contributed by atoms with Crippen LogP contribution in [0.3, 0.4) is 0 Å². The zero-order chi connectivity index (χ0) is 47.2. The number of rotatable bonds is 17. The number of carbonyl (C=O) groups is 5. The van der Waals surface area contributed by atoms with E-state index in [1.54, 1.807) is 29.2 Å². The van der Waals surface area contributed by atoms with E-state index in [1.807, 2.05) is 11.8 Å². The van der Waals surface area contributed by atoms with E-state index in [1.165, 1.54) is 78.9 Å². The maximum atomic E-state index is 13.5. The van der Waals surface area contributed by atoms with Gasteiger partial charge in [0.1, 0.15) is 69.7 Å². The van der Waals surface area contributed by atoms with E-state index in [4.69, 9.17) is 38.1 Å². The monoisotopic (exact) mass is 900 g/mol. The lowest BCUT2D eigenvalue weighted by Crippen LogP contribution is -2.60. The van der Waals surface area contributed by atoms with Crippen LogP contribution in [0.25, 0.3) is 22.8 Å². The third kappa shape index (κ3) is 10.8. The summed E-state index contributed by atoms with van der Waals surface area (Å²) in [5.74, 6) is -3.53. The first kappa shape index (κ1) is 45.4. The highest BCUT2D eigenvalue weighted by atomic mass is 19.1. The number of piperazine rings is 1. The normalized spacial score (nSPS) is 14.7. The second kappa shape index (κ2) is 19.4. The van der Waals surface area contributed by atoms with E-state index in [0.717, 1.165) is 0 Å². The van der Waals surface area contributed by atoms with E-state index in [9.17, 15) is 32.8 Å². The molecule has 2 aromatic heterocycles. The Balaban J connectivity index is 1.08. The van der Waals surface area contributed by atoms with Gasteiger partial charge in [-0.2, -0.15) is 0 Å². The minimum atomic E-state index is -1.09. The summed E-state index contributed by atoms with van der Waals surface area (Å²) in [5.41, 5.74) is 29.1. The molecule has 1 aliphatic rings. The topological polar surface area (TPSA) is 304 Å². The van der Waals surface area contributed by atoms with E-state index in [0.29, 0.717) is 23.6 Å². The minimum absolute atomic E-state index is 0.00300. The number of amides is 5. The number of primary amides is 5. The van der Waals surface area contributed by atoms with Crippen molar-refractivity contribution in [2.45, 2.75) is 31.5 Å². The van der Waals surface area contributed by atoms with Gasteiger partial charge in [0.2, 0.25) is 11.8 Å². The van der Waals surface area contributed by atoms with Crippen molar-refractivity contribution in [1.29, 1.82) is 0 Å². The molecular formula is C45H42F2N12O7. The van der Waals surface area contributed by atoms with Crippen molar-refractivity contribution in [3.8, 4) is 45.8 Å². The predicted octanol–water partition coefficient (Wildman–Crippen LogP) is 3.48. The predicted molar refractivity (Wildman–Crippen MR) is 236 cm³/mol. The number of aromatic nitrogens is 4. The van der Waals surface area contributed by atoms with Crippen molar-refractivity contribution in [2.24, 2.45) is 28.7 Å². The lowest BCUT2D eigenvalue weighted by atomic mass is 10.0. The summed E-state index contributed by atoms with van der Waals surface area (Å²) in [6.45, 7) is 2.44. The molecule has 11 N–H and O–H groups in total. The lowest BCUT2D eigenvalue weighted by molar-refractivity contribution is -0.121. The van der Waals surface area contributed by atoms with Gasteiger partial charge in [-0.25, -0.2) is 28.7 Å². The zero-order valence-electron chi connectivity index (χ0n) is 35.1. The fourth-order valence-electron chi connectivity index (χ4n) is 7.14. The molecule has 66 heavy (non-hydrogen) atoms. The largest absolute Gasteiger partial charge is 0.457 e. The molecular weight excluding hydrogens is 859 g/mol. The molecule has 338 valence electrons. The van der Waals surface area contributed by atoms with Crippen molar-refractivity contribution in [2.75, 3.05) is 29.9 Å². The van der Waals surface area contributed by atoms with Gasteiger partial charge in [0, 0.05) is 48.9 Å². The third-order valence-electron chi connectivity index (χ3n) is 10.6. The van der Waals surface area contributed by atoms with Crippen LogP contribution in [-0.2, 0) is 9.59 Å². The maximum absolute atomic E-state index is 13.5. The van der Waals surface area contributed by atoms with Gasteiger partial charge in [-0.15, -0.1) is 0 Å². The maximum Gasteiger partial charge on any atom is 0.267 e. The Morgan fingerprint density at radius 3 is 1.77 bits per heavy atom. The van der Waals surface area contributed by atoms with Gasteiger partial charge in [-0.05, 0) is 104 Å². The number of nitrogens with one attached hydrogen (secondary N) is 1. The van der Waals surface area contributed by atoms with Crippen LogP contribution in [0.1, 0.15) is 44.7 Å². The van der Waals surface area contributed by atoms with Gasteiger partial charge in [-0.3, -0.25) is 28.9 Å². The molecule has 3 atom stereocenters. The standard InChI is InChI=1S/C45H42F2N12O7/c1-23(18-32(40(49)61)53-37-20-33(41(50)62)54-45(56-37)25-4-15-36(31(19-25)39(48)60)66-30-13-7-27(47)8-14-30)58-16-17-59(35(22-58)43(52)64)38-21-34(42(51)63)55-44(57-38)24-2-9-28(10-3-24)65-29-11-5-26(46)6-12-29/h2-15,19-21,23,32,35H,16-18,22H2,1H3,(H2,48,60)(H2,49,61)(H2,50,62)(H2,51,63)(H2,52,64)(H,53,54,56)/t23?,32-,35?/m0/s1. The molecule has 7 rings (SSSR count). The zero-order valence-corrected chi connectivity index (χ0v) is 35.1. The quantitative estimate of drug-likeness (QED) is 0.0764. The Kier molecular flexibility index (Phi) is 13.4. The number of hydrogen-bond donors (Lipinski definition) is 6. The smallest absolute Gasteiger partial charge is 0.267 e. The number of ether oxygens (including phenoxy) is 2. The molecule has 1 saturated heterocycles. The highest BCUT2D eigenvalue weighted by molar-refractivity contribution is 5.97. The average molecular weight is 901 g/mol. The van der Waals surface area contributed by atoms with Crippen molar-refractivity contribution in [3.63, 3.8) is 0 Å². The summed E-state index contributed by atoms with van der Waals surface area (Å²) in [6, 6.07) is 21.7. The van der Waals surface area contributed by atoms with Gasteiger partial charge >= 0.3 is 0 Å². The highest BCUT2D eigenvalue weighted by Crippen LogP contribution is 2.31. The van der Waals surface area contributed by atoms with Crippen LogP contribution < -0.4 is 48.4 Å². The number of nitrogens with zero attached hydrogens (tertiary/aromatic N) is 6. The molecule has 3 heterocycles. The minimum Gasteiger partial charge on any atom is -0.457 e. The molecule has 0 radical (unpaired) electrons. The molecule has 1 aliphatic heterocycles. The summed E-state index contributed by atoms with van der Waals surface area (Å²) in [4.78, 5) is 84.7. The number of nitrogens with two attached hydrogens (primary N) is 5. The van der Waals surface area contributed by atoms with Gasteiger partial charge in [0.05, 0.1) is 5.56 Å². The van der Waals surface area contributed by atoms with E-state index < -0.39 is 59.3 Å². The molecule has 0 saturated carbocycles. The van der Waals surface area contributed by atoms with Gasteiger partial charge in [0.15, 0.2) is 11.6 Å². The van der Waals surface area contributed by atoms with Crippen LogP contribution in [0.5, 0.6) is 23.0 Å². The van der Waals surface area contributed by atoms with Crippen LogP contribution in [0, 0.1) is 11.6 Å². The molecule has 19 nitrogen and oxygen atoms in total. The van der Waals surface area contributed by atoms with Crippen LogP contribution in [0.4, 0.5) is 20.4 Å². The molecule has 0 bridgehead atoms. The summed E-state index contributed by atoms with van der Waals surface area (Å²) >= 11 is 0. The second-order valence-electron chi connectivity index (χ2n) is 15.1. The van der Waals surface area contributed by atoms with Gasteiger partial charge in [-0.1, -0.05) is 0 Å². The van der Waals surface area contributed by atoms with Crippen molar-refractivity contribution in [1.82, 2.24) is 24.8 Å². The van der Waals surface area contributed by atoms with Crippen LogP contribution >= 0.6 is 0 Å². The van der Waals surface area contributed by atoms with E-state index >= 15 is 0 Å². The molecule has 1 fully saturated rings. The molecule has 0 aliphatic carbocycles. The first-order valence-corrected chi connectivity index (χ1v) is 20.2. The first-order chi connectivity index (χ1) is 31.5. The molecule has 6 aromatic rings. The van der Waals surface area contributed by atoms with Crippen molar-refractivity contribution >= 4 is 41.2 Å². The molecule has 2 unspecified atom stereocenters. The summed E-state index contributed by atoms with van der Waals surface area (Å²) in [7, 11) is 0. The van der Waals surface area contributed by atoms with Crippen LogP contribution in [0.15, 0.2) is 103 Å². The summed E-state index contributed by atoms with van der Waals surface area (Å²) in [6.07, 6.45) is 0.0810. The number of halogens is 2. The molecule has 5 amide bonds. The molecule has 0 spiro atoms. The summed E-state index contributed by atoms with van der Waals surface area (Å²) in [5, 5.41) is 2.97. The summed E-state index contributed by atoms with van der Waals surface area (Å²) < 4.78 is 38.4. The van der Waals surface area contributed by atoms with Crippen molar-refractivity contribution < 1.29 is 42.2 Å². The average Bonchev–Trinajstić information content (AvgIpc) is 3.30. The second-order valence-corrected chi connectivity index (χ2v) is 15.1. The van der Waals surface area contributed by atoms with Crippen LogP contribution in [0.2, 0.25) is 0 Å². The lowest BCUT2D eigenvalue weighted by Gasteiger charge is -2.43. The van der Waals surface area contributed by atoms with Crippen molar-refractivity contribution in [3.05, 3.63) is 132 Å². The van der Waals surface area contributed by atoms with E-state index in [-0.39, 0.29) is 76.8 Å². The Bertz CT molecular complexity index is 2820.